The highest BCUT2D eigenvalue weighted by Gasteiger charge is 2.20. The Hall–Kier alpha value is -0.670. The number of amides is 1. The molecule has 2 rings (SSSR count). The molecule has 0 aliphatic carbocycles. The summed E-state index contributed by atoms with van der Waals surface area (Å²) in [6.45, 7) is 0. The van der Waals surface area contributed by atoms with Gasteiger partial charge >= 0.3 is 0 Å². The van der Waals surface area contributed by atoms with Gasteiger partial charge in [-0.05, 0) is 18.2 Å². The molecular weight excluding hydrogens is 206 g/mol. The lowest BCUT2D eigenvalue weighted by molar-refractivity contribution is -0.116. The van der Waals surface area contributed by atoms with Crippen LogP contribution in [0.15, 0.2) is 23.1 Å². The largest absolute Gasteiger partial charge is 0.314 e. The Morgan fingerprint density at radius 2 is 2.31 bits per heavy atom. The monoisotopic (exact) mass is 213 g/mol. The number of thioether (sulfide) groups is 1. The van der Waals surface area contributed by atoms with Crippen molar-refractivity contribution >= 4 is 35.0 Å². The number of halogens is 1. The molecule has 0 atom stereocenters. The number of fused-ring (bicyclic) bond motifs is 1. The quantitative estimate of drug-likeness (QED) is 0.660. The molecule has 0 radical (unpaired) electrons. The summed E-state index contributed by atoms with van der Waals surface area (Å²) in [5.41, 5.74) is 0.950. The van der Waals surface area contributed by atoms with Gasteiger partial charge in [0.05, 0.1) is 11.4 Å². The van der Waals surface area contributed by atoms with E-state index in [0.717, 1.165) is 10.6 Å². The van der Waals surface area contributed by atoms with E-state index in [0.29, 0.717) is 10.8 Å². The van der Waals surface area contributed by atoms with Crippen LogP contribution in [0.1, 0.15) is 0 Å². The molecule has 1 aromatic rings. The highest BCUT2D eigenvalue weighted by Crippen LogP contribution is 2.35. The fraction of sp³-hybridized carbons (Fsp3) is 0.222. The van der Waals surface area contributed by atoms with Crippen molar-refractivity contribution < 1.29 is 4.79 Å². The molecule has 2 nitrogen and oxygen atoms in total. The van der Waals surface area contributed by atoms with Crippen LogP contribution in [-0.2, 0) is 4.79 Å². The number of nitrogens with zero attached hydrogens (tertiary/aromatic N) is 1. The van der Waals surface area contributed by atoms with Crippen LogP contribution in [0.5, 0.6) is 0 Å². The Kier molecular flexibility index (Phi) is 2.22. The van der Waals surface area contributed by atoms with Crippen LogP contribution in [0.2, 0.25) is 5.02 Å². The first-order valence-corrected chi connectivity index (χ1v) is 5.24. The van der Waals surface area contributed by atoms with E-state index in [1.807, 2.05) is 12.1 Å². The molecule has 1 aliphatic heterocycles. The molecule has 0 saturated carbocycles. The third kappa shape index (κ3) is 1.54. The Bertz CT molecular complexity index is 367. The SMILES string of the molecule is CN1C(=O)CSc2cc(Cl)ccc21. The van der Waals surface area contributed by atoms with Crippen LogP contribution >= 0.6 is 23.4 Å². The van der Waals surface area contributed by atoms with Gasteiger partial charge in [0.25, 0.3) is 0 Å². The zero-order valence-electron chi connectivity index (χ0n) is 7.08. The van der Waals surface area contributed by atoms with Gasteiger partial charge in [0.1, 0.15) is 0 Å². The van der Waals surface area contributed by atoms with Crippen molar-refractivity contribution in [3.63, 3.8) is 0 Å². The molecule has 1 amide bonds. The molecule has 1 aromatic carbocycles. The predicted octanol–water partition coefficient (Wildman–Crippen LogP) is 2.41. The van der Waals surface area contributed by atoms with Gasteiger partial charge in [0.2, 0.25) is 5.91 Å². The van der Waals surface area contributed by atoms with Crippen molar-refractivity contribution in [2.75, 3.05) is 17.7 Å². The average Bonchev–Trinajstić information content (AvgIpc) is 2.12. The Morgan fingerprint density at radius 3 is 3.08 bits per heavy atom. The number of hydrogen-bond donors (Lipinski definition) is 0. The van der Waals surface area contributed by atoms with Crippen molar-refractivity contribution in [1.82, 2.24) is 0 Å². The fourth-order valence-corrected chi connectivity index (χ4v) is 2.52. The summed E-state index contributed by atoms with van der Waals surface area (Å²) < 4.78 is 0. The molecule has 13 heavy (non-hydrogen) atoms. The van der Waals surface area contributed by atoms with Gasteiger partial charge < -0.3 is 4.90 Å². The van der Waals surface area contributed by atoms with Gasteiger partial charge in [-0.2, -0.15) is 0 Å². The second-order valence-corrected chi connectivity index (χ2v) is 4.31. The summed E-state index contributed by atoms with van der Waals surface area (Å²) in [7, 11) is 1.79. The summed E-state index contributed by atoms with van der Waals surface area (Å²) in [5, 5.41) is 0.717. The van der Waals surface area contributed by atoms with E-state index < -0.39 is 0 Å². The molecule has 1 heterocycles. The summed E-state index contributed by atoms with van der Waals surface area (Å²) in [5.74, 6) is 0.643. The van der Waals surface area contributed by atoms with Crippen LogP contribution in [0.3, 0.4) is 0 Å². The van der Waals surface area contributed by atoms with Crippen LogP contribution in [0.4, 0.5) is 5.69 Å². The highest BCUT2D eigenvalue weighted by atomic mass is 35.5. The summed E-state index contributed by atoms with van der Waals surface area (Å²) in [6, 6.07) is 5.57. The van der Waals surface area contributed by atoms with E-state index >= 15 is 0 Å². The normalized spacial score (nSPS) is 15.8. The Morgan fingerprint density at radius 1 is 1.54 bits per heavy atom. The fourth-order valence-electron chi connectivity index (χ4n) is 1.25. The van der Waals surface area contributed by atoms with Crippen LogP contribution in [0.25, 0.3) is 0 Å². The first kappa shape index (κ1) is 8.91. The van der Waals surface area contributed by atoms with Crippen molar-refractivity contribution in [3.05, 3.63) is 23.2 Å². The minimum absolute atomic E-state index is 0.139. The lowest BCUT2D eigenvalue weighted by atomic mass is 10.3. The number of carbonyl (C=O) groups excluding carboxylic acids is 1. The van der Waals surface area contributed by atoms with Crippen LogP contribution < -0.4 is 4.90 Å². The zero-order chi connectivity index (χ0) is 9.42. The van der Waals surface area contributed by atoms with E-state index in [-0.39, 0.29) is 5.91 Å². The number of rotatable bonds is 0. The molecule has 0 unspecified atom stereocenters. The molecule has 0 saturated heterocycles. The van der Waals surface area contributed by atoms with Gasteiger partial charge in [-0.25, -0.2) is 0 Å². The third-order valence-corrected chi connectivity index (χ3v) is 3.27. The van der Waals surface area contributed by atoms with Crippen LogP contribution in [-0.4, -0.2) is 18.7 Å². The van der Waals surface area contributed by atoms with Gasteiger partial charge in [-0.15, -0.1) is 11.8 Å². The van der Waals surface area contributed by atoms with E-state index in [1.54, 1.807) is 18.0 Å². The maximum atomic E-state index is 11.3. The van der Waals surface area contributed by atoms with Gasteiger partial charge in [-0.3, -0.25) is 4.79 Å². The second kappa shape index (κ2) is 3.24. The Labute approximate surface area is 85.9 Å². The van der Waals surface area contributed by atoms with E-state index in [2.05, 4.69) is 0 Å². The molecule has 0 N–H and O–H groups in total. The smallest absolute Gasteiger partial charge is 0.237 e. The lowest BCUT2D eigenvalue weighted by Crippen LogP contribution is -2.31. The summed E-state index contributed by atoms with van der Waals surface area (Å²) in [6.07, 6.45) is 0. The van der Waals surface area contributed by atoms with Gasteiger partial charge in [0.15, 0.2) is 0 Å². The predicted molar refractivity (Wildman–Crippen MR) is 55.6 cm³/mol. The van der Waals surface area contributed by atoms with Crippen molar-refractivity contribution in [2.24, 2.45) is 0 Å². The van der Waals surface area contributed by atoms with Crippen molar-refractivity contribution in [3.8, 4) is 0 Å². The molecule has 0 aromatic heterocycles. The molecule has 68 valence electrons. The van der Waals surface area contributed by atoms with Gasteiger partial charge in [0, 0.05) is 17.0 Å². The molecule has 0 spiro atoms. The molecular formula is C9H8ClNOS. The minimum atomic E-state index is 0.139. The maximum absolute atomic E-state index is 11.3. The maximum Gasteiger partial charge on any atom is 0.237 e. The molecule has 0 bridgehead atoms. The number of hydrogen-bond acceptors (Lipinski definition) is 2. The van der Waals surface area contributed by atoms with E-state index in [4.69, 9.17) is 11.6 Å². The molecule has 1 aliphatic rings. The highest BCUT2D eigenvalue weighted by molar-refractivity contribution is 8.00. The zero-order valence-corrected chi connectivity index (χ0v) is 8.65. The lowest BCUT2D eigenvalue weighted by Gasteiger charge is -2.24. The van der Waals surface area contributed by atoms with Crippen LogP contribution in [0, 0.1) is 0 Å². The molecule has 0 fully saturated rings. The number of carbonyl (C=O) groups is 1. The number of anilines is 1. The number of benzene rings is 1. The third-order valence-electron chi connectivity index (χ3n) is 2.01. The van der Waals surface area contributed by atoms with Gasteiger partial charge in [-0.1, -0.05) is 11.6 Å². The average molecular weight is 214 g/mol. The first-order valence-electron chi connectivity index (χ1n) is 3.87. The topological polar surface area (TPSA) is 20.3 Å². The minimum Gasteiger partial charge on any atom is -0.314 e. The summed E-state index contributed by atoms with van der Waals surface area (Å²) in [4.78, 5) is 14.1. The second-order valence-electron chi connectivity index (χ2n) is 2.85. The van der Waals surface area contributed by atoms with Crippen molar-refractivity contribution in [2.45, 2.75) is 4.90 Å². The standard InChI is InChI=1S/C9H8ClNOS/c1-11-7-3-2-6(10)4-8(7)13-5-9(11)12/h2-4H,5H2,1H3. The summed E-state index contributed by atoms with van der Waals surface area (Å²) >= 11 is 7.38. The van der Waals surface area contributed by atoms with E-state index in [1.165, 1.54) is 11.8 Å². The van der Waals surface area contributed by atoms with E-state index in [9.17, 15) is 4.79 Å². The molecule has 4 heteroatoms. The Balaban J connectivity index is 2.49. The van der Waals surface area contributed by atoms with Crippen molar-refractivity contribution in [1.29, 1.82) is 0 Å². The first-order chi connectivity index (χ1) is 6.18.